The molecule has 142 valence electrons. The van der Waals surface area contributed by atoms with Crippen molar-refractivity contribution < 1.29 is 14.3 Å². The summed E-state index contributed by atoms with van der Waals surface area (Å²) in [5.41, 5.74) is 1.65. The van der Waals surface area contributed by atoms with Gasteiger partial charge in [0.05, 0.1) is 13.2 Å². The van der Waals surface area contributed by atoms with E-state index in [4.69, 9.17) is 4.74 Å². The monoisotopic (exact) mass is 379 g/mol. The Morgan fingerprint density at radius 3 is 2.42 bits per heavy atom. The summed E-state index contributed by atoms with van der Waals surface area (Å²) in [7, 11) is 0. The minimum Gasteiger partial charge on any atom is -0.378 e. The molecule has 2 saturated heterocycles. The van der Waals surface area contributed by atoms with Gasteiger partial charge >= 0.3 is 0 Å². The molecule has 2 heterocycles. The van der Waals surface area contributed by atoms with Crippen LogP contribution in [0.2, 0.25) is 0 Å². The number of hydrogen-bond donors (Lipinski definition) is 2. The van der Waals surface area contributed by atoms with Crippen LogP contribution in [0.25, 0.3) is 0 Å². The van der Waals surface area contributed by atoms with Gasteiger partial charge in [-0.3, -0.25) is 9.59 Å². The molecule has 6 nitrogen and oxygen atoms in total. The minimum absolute atomic E-state index is 0. The normalized spacial score (nSPS) is 23.8. The molecule has 2 N–H and O–H groups in total. The summed E-state index contributed by atoms with van der Waals surface area (Å²) in [6.07, 6.45) is 3.20. The van der Waals surface area contributed by atoms with Gasteiger partial charge in [-0.1, -0.05) is 0 Å². The fourth-order valence-electron chi connectivity index (χ4n) is 4.07. The maximum atomic E-state index is 12.5. The zero-order valence-electron chi connectivity index (χ0n) is 14.8. The Balaban J connectivity index is 0.00000196. The molecule has 3 aliphatic rings. The summed E-state index contributed by atoms with van der Waals surface area (Å²) in [6.45, 7) is 4.49. The number of rotatable bonds is 3. The summed E-state index contributed by atoms with van der Waals surface area (Å²) >= 11 is 0. The molecule has 2 aliphatic heterocycles. The van der Waals surface area contributed by atoms with Gasteiger partial charge in [0.1, 0.15) is 0 Å². The number of benzene rings is 1. The standard InChI is InChI=1S/C19H25N3O3.ClH/c23-17(16-13-19(16)5-7-20-8-6-19)21-15-3-1-14(2-4-15)18(24)22-9-11-25-12-10-22;/h1-4,16,20H,5-13H2,(H,21,23);1H. The van der Waals surface area contributed by atoms with Crippen molar-refractivity contribution in [3.63, 3.8) is 0 Å². The van der Waals surface area contributed by atoms with E-state index < -0.39 is 0 Å². The van der Waals surface area contributed by atoms with Crippen LogP contribution in [-0.2, 0) is 9.53 Å². The highest BCUT2D eigenvalue weighted by molar-refractivity contribution is 5.97. The van der Waals surface area contributed by atoms with E-state index in [0.717, 1.165) is 38.0 Å². The highest BCUT2D eigenvalue weighted by Crippen LogP contribution is 2.58. The van der Waals surface area contributed by atoms with Gasteiger partial charge in [0.2, 0.25) is 5.91 Å². The first-order valence-corrected chi connectivity index (χ1v) is 9.17. The van der Waals surface area contributed by atoms with E-state index in [1.54, 1.807) is 12.1 Å². The lowest BCUT2D eigenvalue weighted by atomic mass is 9.92. The van der Waals surface area contributed by atoms with Crippen LogP contribution in [0, 0.1) is 11.3 Å². The van der Waals surface area contributed by atoms with Gasteiger partial charge in [-0.05, 0) is 62.0 Å². The molecule has 0 aromatic heterocycles. The average molecular weight is 380 g/mol. The molecule has 1 aromatic carbocycles. The van der Waals surface area contributed by atoms with E-state index >= 15 is 0 Å². The van der Waals surface area contributed by atoms with Crippen molar-refractivity contribution in [3.8, 4) is 0 Å². The van der Waals surface area contributed by atoms with Gasteiger partial charge in [0.25, 0.3) is 5.91 Å². The molecular weight excluding hydrogens is 354 g/mol. The van der Waals surface area contributed by atoms with Crippen LogP contribution in [0.1, 0.15) is 29.6 Å². The third kappa shape index (κ3) is 3.87. The molecule has 3 fully saturated rings. The predicted octanol–water partition coefficient (Wildman–Crippen LogP) is 1.91. The SMILES string of the molecule is Cl.O=C(Nc1ccc(C(=O)N2CCOCC2)cc1)C1CC12CCNCC2. The lowest BCUT2D eigenvalue weighted by Crippen LogP contribution is -2.40. The average Bonchev–Trinajstić information content (AvgIpc) is 3.36. The van der Waals surface area contributed by atoms with Crippen molar-refractivity contribution in [3.05, 3.63) is 29.8 Å². The topological polar surface area (TPSA) is 70.7 Å². The molecule has 4 rings (SSSR count). The largest absolute Gasteiger partial charge is 0.378 e. The number of morpholine rings is 1. The number of hydrogen-bond acceptors (Lipinski definition) is 4. The molecule has 7 heteroatoms. The molecule has 1 aliphatic carbocycles. The van der Waals surface area contributed by atoms with Crippen LogP contribution in [0.15, 0.2) is 24.3 Å². The van der Waals surface area contributed by atoms with Gasteiger partial charge in [0, 0.05) is 30.3 Å². The molecule has 0 radical (unpaired) electrons. The number of amides is 2. The number of anilines is 1. The zero-order valence-corrected chi connectivity index (χ0v) is 15.6. The molecule has 1 spiro atoms. The fraction of sp³-hybridized carbons (Fsp3) is 0.579. The van der Waals surface area contributed by atoms with Crippen LogP contribution >= 0.6 is 12.4 Å². The predicted molar refractivity (Wildman–Crippen MR) is 102 cm³/mol. The number of carbonyl (C=O) groups is 2. The lowest BCUT2D eigenvalue weighted by molar-refractivity contribution is -0.118. The molecule has 1 unspecified atom stereocenters. The second-order valence-electron chi connectivity index (χ2n) is 7.34. The van der Waals surface area contributed by atoms with E-state index in [1.165, 1.54) is 0 Å². The summed E-state index contributed by atoms with van der Waals surface area (Å²) in [5, 5.41) is 6.37. The number of halogens is 1. The molecule has 1 aromatic rings. The first-order valence-electron chi connectivity index (χ1n) is 9.17. The van der Waals surface area contributed by atoms with E-state index in [2.05, 4.69) is 10.6 Å². The zero-order chi connectivity index (χ0) is 17.3. The molecule has 1 saturated carbocycles. The van der Waals surface area contributed by atoms with Crippen molar-refractivity contribution in [2.24, 2.45) is 11.3 Å². The lowest BCUT2D eigenvalue weighted by Gasteiger charge is -2.26. The van der Waals surface area contributed by atoms with Crippen molar-refractivity contribution in [2.45, 2.75) is 19.3 Å². The Morgan fingerprint density at radius 2 is 1.77 bits per heavy atom. The third-order valence-electron chi connectivity index (χ3n) is 5.80. The van der Waals surface area contributed by atoms with Gasteiger partial charge < -0.3 is 20.3 Å². The summed E-state index contributed by atoms with van der Waals surface area (Å²) in [5.74, 6) is 0.287. The second kappa shape index (κ2) is 7.94. The van der Waals surface area contributed by atoms with Crippen molar-refractivity contribution in [1.29, 1.82) is 0 Å². The minimum atomic E-state index is 0. The van der Waals surface area contributed by atoms with E-state index in [9.17, 15) is 9.59 Å². The summed E-state index contributed by atoms with van der Waals surface area (Å²) in [6, 6.07) is 7.23. The number of ether oxygens (including phenoxy) is 1. The first-order chi connectivity index (χ1) is 12.2. The van der Waals surface area contributed by atoms with Crippen LogP contribution in [0.3, 0.4) is 0 Å². The van der Waals surface area contributed by atoms with E-state index in [-0.39, 0.29) is 35.6 Å². The van der Waals surface area contributed by atoms with Crippen molar-refractivity contribution in [1.82, 2.24) is 10.2 Å². The van der Waals surface area contributed by atoms with Crippen molar-refractivity contribution >= 4 is 29.9 Å². The number of nitrogens with zero attached hydrogens (tertiary/aromatic N) is 1. The summed E-state index contributed by atoms with van der Waals surface area (Å²) in [4.78, 5) is 26.7. The van der Waals surface area contributed by atoms with Gasteiger partial charge in [0.15, 0.2) is 0 Å². The quantitative estimate of drug-likeness (QED) is 0.841. The maximum Gasteiger partial charge on any atom is 0.254 e. The number of nitrogens with one attached hydrogen (secondary N) is 2. The van der Waals surface area contributed by atoms with Gasteiger partial charge in [-0.2, -0.15) is 0 Å². The molecule has 0 bridgehead atoms. The Morgan fingerprint density at radius 1 is 1.12 bits per heavy atom. The van der Waals surface area contributed by atoms with E-state index in [0.29, 0.717) is 31.9 Å². The molecule has 1 atom stereocenters. The maximum absolute atomic E-state index is 12.5. The van der Waals surface area contributed by atoms with E-state index in [1.807, 2.05) is 17.0 Å². The number of piperidine rings is 1. The molecule has 2 amide bonds. The smallest absolute Gasteiger partial charge is 0.254 e. The Labute approximate surface area is 160 Å². The van der Waals surface area contributed by atoms with Crippen LogP contribution < -0.4 is 10.6 Å². The van der Waals surface area contributed by atoms with Crippen LogP contribution in [0.5, 0.6) is 0 Å². The molecular formula is C19H26ClN3O3. The first kappa shape index (κ1) is 19.1. The summed E-state index contributed by atoms with van der Waals surface area (Å²) < 4.78 is 5.28. The third-order valence-corrected chi connectivity index (χ3v) is 5.80. The Bertz CT molecular complexity index is 652. The fourth-order valence-corrected chi connectivity index (χ4v) is 4.07. The van der Waals surface area contributed by atoms with Gasteiger partial charge in [-0.15, -0.1) is 12.4 Å². The Hall–Kier alpha value is -1.63. The highest BCUT2D eigenvalue weighted by Gasteiger charge is 2.57. The van der Waals surface area contributed by atoms with Crippen molar-refractivity contribution in [2.75, 3.05) is 44.7 Å². The van der Waals surface area contributed by atoms with Crippen LogP contribution in [0.4, 0.5) is 5.69 Å². The Kier molecular flexibility index (Phi) is 5.85. The highest BCUT2D eigenvalue weighted by atomic mass is 35.5. The van der Waals surface area contributed by atoms with Gasteiger partial charge in [-0.25, -0.2) is 0 Å². The molecule has 26 heavy (non-hydrogen) atoms. The second-order valence-corrected chi connectivity index (χ2v) is 7.34. The van der Waals surface area contributed by atoms with Crippen LogP contribution in [-0.4, -0.2) is 56.1 Å². The number of carbonyl (C=O) groups excluding carboxylic acids is 2.